The molecule has 0 spiro atoms. The molecule has 1 aliphatic heterocycles. The molecule has 0 radical (unpaired) electrons. The van der Waals surface area contributed by atoms with E-state index in [0.29, 0.717) is 18.3 Å². The fourth-order valence-electron chi connectivity index (χ4n) is 6.55. The monoisotopic (exact) mass is 385 g/mol. The van der Waals surface area contributed by atoms with Gasteiger partial charge in [0.15, 0.2) is 5.78 Å². The molecule has 2 saturated carbocycles. The molecule has 0 unspecified atom stereocenters. The summed E-state index contributed by atoms with van der Waals surface area (Å²) in [7, 11) is 0. The van der Waals surface area contributed by atoms with Crippen molar-refractivity contribution in [2.45, 2.75) is 63.9 Å². The van der Waals surface area contributed by atoms with Gasteiger partial charge in [-0.25, -0.2) is 0 Å². The van der Waals surface area contributed by atoms with Gasteiger partial charge in [-0.05, 0) is 72.8 Å². The van der Waals surface area contributed by atoms with Gasteiger partial charge in [-0.2, -0.15) is 0 Å². The second-order valence-corrected chi connectivity index (χ2v) is 9.57. The number of carbonyl (C=O) groups is 1. The van der Waals surface area contributed by atoms with E-state index in [0.717, 1.165) is 36.1 Å². The van der Waals surface area contributed by atoms with Gasteiger partial charge in [-0.3, -0.25) is 9.78 Å². The zero-order valence-electron chi connectivity index (χ0n) is 17.0. The lowest BCUT2D eigenvalue weighted by Gasteiger charge is -2.48. The molecule has 2 aromatic rings. The summed E-state index contributed by atoms with van der Waals surface area (Å²) in [6.45, 7) is 2.48. The van der Waals surface area contributed by atoms with Gasteiger partial charge in [-0.15, -0.1) is 0 Å². The molecule has 148 valence electrons. The smallest absolute Gasteiger partial charge is 0.166 e. The molecular formula is C26H27NO2. The molecule has 2 heterocycles. The van der Waals surface area contributed by atoms with Crippen LogP contribution in [0, 0.1) is 11.3 Å². The summed E-state index contributed by atoms with van der Waals surface area (Å²) in [5.74, 6) is 2.32. The Morgan fingerprint density at radius 1 is 1.14 bits per heavy atom. The van der Waals surface area contributed by atoms with Crippen LogP contribution in [-0.2, 0) is 9.53 Å². The number of rotatable bonds is 1. The summed E-state index contributed by atoms with van der Waals surface area (Å²) in [6, 6.07) is 11.0. The molecule has 4 aliphatic rings. The molecule has 3 aliphatic carbocycles. The average molecular weight is 386 g/mol. The van der Waals surface area contributed by atoms with Crippen molar-refractivity contribution in [1.29, 1.82) is 0 Å². The fraction of sp³-hybridized carbons (Fsp3) is 0.462. The van der Waals surface area contributed by atoms with Gasteiger partial charge in [0.05, 0.1) is 11.1 Å². The van der Waals surface area contributed by atoms with E-state index in [4.69, 9.17) is 4.74 Å². The number of aromatic nitrogens is 1. The van der Waals surface area contributed by atoms with E-state index in [9.17, 15) is 4.79 Å². The van der Waals surface area contributed by atoms with E-state index in [1.807, 2.05) is 12.3 Å². The van der Waals surface area contributed by atoms with Crippen LogP contribution in [0.4, 0.5) is 0 Å². The maximum absolute atomic E-state index is 12.3. The van der Waals surface area contributed by atoms with Crippen molar-refractivity contribution in [2.24, 2.45) is 11.3 Å². The lowest BCUT2D eigenvalue weighted by molar-refractivity contribution is -0.116. The maximum atomic E-state index is 12.3. The van der Waals surface area contributed by atoms with E-state index in [2.05, 4.69) is 42.2 Å². The predicted molar refractivity (Wildman–Crippen MR) is 113 cm³/mol. The number of nitrogens with zero attached hydrogens (tertiary/aromatic N) is 1. The van der Waals surface area contributed by atoms with E-state index in [1.54, 1.807) is 0 Å². The third kappa shape index (κ3) is 2.56. The molecule has 3 nitrogen and oxygen atoms in total. The van der Waals surface area contributed by atoms with Crippen LogP contribution in [0.2, 0.25) is 0 Å². The van der Waals surface area contributed by atoms with Crippen LogP contribution in [0.5, 0.6) is 0 Å². The lowest BCUT2D eigenvalue weighted by atomic mass is 9.61. The Morgan fingerprint density at radius 3 is 3.00 bits per heavy atom. The Balaban J connectivity index is 1.34. The number of ether oxygens (including phenoxy) is 1. The van der Waals surface area contributed by atoms with Crippen LogP contribution in [-0.4, -0.2) is 16.9 Å². The van der Waals surface area contributed by atoms with Crippen molar-refractivity contribution in [2.75, 3.05) is 0 Å². The number of fused-ring (bicyclic) bond motifs is 4. The van der Waals surface area contributed by atoms with Gasteiger partial charge in [0, 0.05) is 30.3 Å². The first-order valence-corrected chi connectivity index (χ1v) is 11.1. The molecule has 3 heteroatoms. The third-order valence-corrected chi connectivity index (χ3v) is 8.13. The largest absolute Gasteiger partial charge is 0.489 e. The molecule has 4 atom stereocenters. The standard InChI is InChI=1S/C26H27NO2/c1-26-12-11-18-14-19-23(28)5-2-6-24(19)29-25(18)21(26)10-9-20(26)17-8-7-16-4-3-13-27-22(16)15-17/h3-4,7-8,13-15,20-21,25H,2,5-6,9-12H2,1H3/t20-,21+,25-,26-/m1/s1. The molecule has 1 aromatic carbocycles. The van der Waals surface area contributed by atoms with E-state index >= 15 is 0 Å². The van der Waals surface area contributed by atoms with Crippen molar-refractivity contribution in [1.82, 2.24) is 4.98 Å². The summed E-state index contributed by atoms with van der Waals surface area (Å²) >= 11 is 0. The van der Waals surface area contributed by atoms with Crippen LogP contribution >= 0.6 is 0 Å². The minimum absolute atomic E-state index is 0.169. The highest BCUT2D eigenvalue weighted by Crippen LogP contribution is 2.62. The molecular weight excluding hydrogens is 358 g/mol. The molecule has 0 bridgehead atoms. The molecule has 2 fully saturated rings. The zero-order chi connectivity index (χ0) is 19.6. The van der Waals surface area contributed by atoms with Crippen LogP contribution in [0.1, 0.15) is 63.4 Å². The van der Waals surface area contributed by atoms with Crippen molar-refractivity contribution < 1.29 is 9.53 Å². The summed E-state index contributed by atoms with van der Waals surface area (Å²) in [5.41, 5.74) is 5.00. The summed E-state index contributed by atoms with van der Waals surface area (Å²) < 4.78 is 6.58. The first-order chi connectivity index (χ1) is 14.1. The number of allylic oxidation sites excluding steroid dienone is 3. The zero-order valence-corrected chi connectivity index (χ0v) is 17.0. The second kappa shape index (κ2) is 6.29. The number of carbonyl (C=O) groups excluding carboxylic acids is 1. The normalized spacial score (nSPS) is 33.6. The van der Waals surface area contributed by atoms with Gasteiger partial charge < -0.3 is 4.74 Å². The number of ketones is 1. The Labute approximate surface area is 171 Å². The van der Waals surface area contributed by atoms with Gasteiger partial charge >= 0.3 is 0 Å². The Bertz CT molecular complexity index is 1080. The van der Waals surface area contributed by atoms with Crippen molar-refractivity contribution in [3.63, 3.8) is 0 Å². The minimum Gasteiger partial charge on any atom is -0.489 e. The van der Waals surface area contributed by atoms with Crippen LogP contribution < -0.4 is 0 Å². The highest BCUT2D eigenvalue weighted by molar-refractivity contribution is 5.99. The number of hydrogen-bond donors (Lipinski definition) is 0. The lowest BCUT2D eigenvalue weighted by Crippen LogP contribution is -2.43. The maximum Gasteiger partial charge on any atom is 0.166 e. The predicted octanol–water partition coefficient (Wildman–Crippen LogP) is 5.86. The first-order valence-electron chi connectivity index (χ1n) is 11.1. The topological polar surface area (TPSA) is 39.2 Å². The molecule has 0 N–H and O–H groups in total. The third-order valence-electron chi connectivity index (χ3n) is 8.13. The van der Waals surface area contributed by atoms with Crippen molar-refractivity contribution in [3.8, 4) is 0 Å². The first kappa shape index (κ1) is 17.4. The van der Waals surface area contributed by atoms with Crippen LogP contribution in [0.15, 0.2) is 59.5 Å². The minimum atomic E-state index is 0.169. The summed E-state index contributed by atoms with van der Waals surface area (Å²) in [4.78, 5) is 16.9. The van der Waals surface area contributed by atoms with Crippen LogP contribution in [0.3, 0.4) is 0 Å². The number of pyridine rings is 1. The molecule has 0 saturated heterocycles. The summed E-state index contributed by atoms with van der Waals surface area (Å²) in [5, 5.41) is 1.21. The van der Waals surface area contributed by atoms with Gasteiger partial charge in [0.2, 0.25) is 0 Å². The van der Waals surface area contributed by atoms with Gasteiger partial charge in [0.25, 0.3) is 0 Å². The van der Waals surface area contributed by atoms with Crippen molar-refractivity contribution >= 4 is 16.7 Å². The average Bonchev–Trinajstić information content (AvgIpc) is 3.10. The fourth-order valence-corrected chi connectivity index (χ4v) is 6.55. The van der Waals surface area contributed by atoms with Gasteiger partial charge in [0.1, 0.15) is 11.9 Å². The highest BCUT2D eigenvalue weighted by atomic mass is 16.5. The quantitative estimate of drug-likeness (QED) is 0.617. The van der Waals surface area contributed by atoms with Crippen molar-refractivity contribution in [3.05, 3.63) is 65.1 Å². The SMILES string of the molecule is C[C@]12CCC3=CC4=C(CCCC4=O)O[C@H]3[C@@H]1CC[C@@H]2c1ccc2cccnc2c1. The molecule has 29 heavy (non-hydrogen) atoms. The van der Waals surface area contributed by atoms with E-state index in [-0.39, 0.29) is 17.3 Å². The number of benzene rings is 1. The Hall–Kier alpha value is -2.42. The van der Waals surface area contributed by atoms with Gasteiger partial charge in [-0.1, -0.05) is 25.1 Å². The Kier molecular flexibility index (Phi) is 3.78. The number of Topliss-reactive ketones (excluding diaryl/α,β-unsaturated/α-hetero) is 1. The highest BCUT2D eigenvalue weighted by Gasteiger charge is 2.54. The van der Waals surface area contributed by atoms with E-state index in [1.165, 1.54) is 35.8 Å². The Morgan fingerprint density at radius 2 is 2.07 bits per heavy atom. The summed E-state index contributed by atoms with van der Waals surface area (Å²) in [6.07, 6.45) is 11.4. The van der Waals surface area contributed by atoms with Crippen LogP contribution in [0.25, 0.3) is 10.9 Å². The molecule has 0 amide bonds. The number of hydrogen-bond acceptors (Lipinski definition) is 3. The second-order valence-electron chi connectivity index (χ2n) is 9.57. The molecule has 1 aromatic heterocycles. The van der Waals surface area contributed by atoms with E-state index < -0.39 is 0 Å². The molecule has 6 rings (SSSR count).